The zero-order chi connectivity index (χ0) is 15.2. The van der Waals surface area contributed by atoms with Crippen molar-refractivity contribution in [3.63, 3.8) is 0 Å². The van der Waals surface area contributed by atoms with Gasteiger partial charge in [-0.15, -0.1) is 0 Å². The molecule has 1 saturated carbocycles. The zero-order valence-electron chi connectivity index (χ0n) is 12.9. The van der Waals surface area contributed by atoms with E-state index < -0.39 is 6.10 Å². The van der Waals surface area contributed by atoms with Crippen molar-refractivity contribution in [1.29, 1.82) is 0 Å². The van der Waals surface area contributed by atoms with Crippen molar-refractivity contribution in [3.8, 4) is 0 Å². The predicted octanol–water partition coefficient (Wildman–Crippen LogP) is 4.13. The highest BCUT2D eigenvalue weighted by atomic mass is 79.9. The van der Waals surface area contributed by atoms with Gasteiger partial charge in [-0.1, -0.05) is 41.8 Å². The SMILES string of the molecule is Cc1ccc(Br)cc1NCC(O)COC1CCCCC1C. The number of aliphatic hydroxyl groups excluding tert-OH is 1. The molecule has 0 aromatic heterocycles. The zero-order valence-corrected chi connectivity index (χ0v) is 14.5. The molecule has 0 radical (unpaired) electrons. The summed E-state index contributed by atoms with van der Waals surface area (Å²) in [6.07, 6.45) is 4.79. The van der Waals surface area contributed by atoms with Crippen LogP contribution in [0.2, 0.25) is 0 Å². The number of halogens is 1. The molecule has 0 spiro atoms. The lowest BCUT2D eigenvalue weighted by Crippen LogP contribution is -2.32. The minimum Gasteiger partial charge on any atom is -0.389 e. The first-order valence-electron chi connectivity index (χ1n) is 7.86. The molecule has 1 aromatic carbocycles. The van der Waals surface area contributed by atoms with E-state index >= 15 is 0 Å². The summed E-state index contributed by atoms with van der Waals surface area (Å²) in [4.78, 5) is 0. The lowest BCUT2D eigenvalue weighted by atomic mass is 9.88. The molecule has 118 valence electrons. The molecule has 0 saturated heterocycles. The summed E-state index contributed by atoms with van der Waals surface area (Å²) in [6, 6.07) is 6.11. The normalized spacial score (nSPS) is 23.8. The van der Waals surface area contributed by atoms with E-state index in [1.165, 1.54) is 24.8 Å². The van der Waals surface area contributed by atoms with Crippen LogP contribution in [0.4, 0.5) is 5.69 Å². The van der Waals surface area contributed by atoms with Gasteiger partial charge in [0.15, 0.2) is 0 Å². The molecule has 3 unspecified atom stereocenters. The summed E-state index contributed by atoms with van der Waals surface area (Å²) >= 11 is 3.47. The van der Waals surface area contributed by atoms with Gasteiger partial charge in [0, 0.05) is 16.7 Å². The molecular weight excluding hydrogens is 330 g/mol. The maximum absolute atomic E-state index is 10.1. The number of rotatable bonds is 6. The average Bonchev–Trinajstić information content (AvgIpc) is 2.47. The third kappa shape index (κ3) is 5.28. The van der Waals surface area contributed by atoms with Crippen molar-refractivity contribution < 1.29 is 9.84 Å². The largest absolute Gasteiger partial charge is 0.389 e. The van der Waals surface area contributed by atoms with Crippen LogP contribution < -0.4 is 5.32 Å². The number of hydrogen-bond donors (Lipinski definition) is 2. The number of benzene rings is 1. The Balaban J connectivity index is 1.74. The molecule has 0 aliphatic heterocycles. The number of ether oxygens (including phenoxy) is 1. The maximum atomic E-state index is 10.1. The second-order valence-corrected chi connectivity index (χ2v) is 7.04. The predicted molar refractivity (Wildman–Crippen MR) is 90.7 cm³/mol. The maximum Gasteiger partial charge on any atom is 0.0945 e. The van der Waals surface area contributed by atoms with Gasteiger partial charge in [-0.05, 0) is 43.4 Å². The van der Waals surface area contributed by atoms with Crippen molar-refractivity contribution in [3.05, 3.63) is 28.2 Å². The lowest BCUT2D eigenvalue weighted by Gasteiger charge is -2.29. The van der Waals surface area contributed by atoms with Gasteiger partial charge >= 0.3 is 0 Å². The fraction of sp³-hybridized carbons (Fsp3) is 0.647. The van der Waals surface area contributed by atoms with Crippen LogP contribution in [0, 0.1) is 12.8 Å². The molecule has 0 heterocycles. The number of aliphatic hydroxyl groups is 1. The van der Waals surface area contributed by atoms with Crippen LogP contribution in [0.5, 0.6) is 0 Å². The van der Waals surface area contributed by atoms with Gasteiger partial charge in [-0.3, -0.25) is 0 Å². The molecule has 1 fully saturated rings. The van der Waals surface area contributed by atoms with E-state index in [4.69, 9.17) is 4.74 Å². The average molecular weight is 356 g/mol. The van der Waals surface area contributed by atoms with Crippen LogP contribution in [-0.2, 0) is 4.74 Å². The first-order chi connectivity index (χ1) is 10.1. The minimum absolute atomic E-state index is 0.320. The molecule has 3 nitrogen and oxygen atoms in total. The first-order valence-corrected chi connectivity index (χ1v) is 8.65. The van der Waals surface area contributed by atoms with Crippen molar-refractivity contribution in [1.82, 2.24) is 0 Å². The quantitative estimate of drug-likeness (QED) is 0.806. The van der Waals surface area contributed by atoms with E-state index in [0.717, 1.165) is 16.6 Å². The smallest absolute Gasteiger partial charge is 0.0945 e. The van der Waals surface area contributed by atoms with Gasteiger partial charge in [0.2, 0.25) is 0 Å². The summed E-state index contributed by atoms with van der Waals surface area (Å²) < 4.78 is 6.94. The Hall–Kier alpha value is -0.580. The minimum atomic E-state index is -0.475. The molecule has 3 atom stereocenters. The molecular formula is C17H26BrNO2. The van der Waals surface area contributed by atoms with E-state index in [-0.39, 0.29) is 0 Å². The van der Waals surface area contributed by atoms with Crippen LogP contribution in [0.1, 0.15) is 38.2 Å². The van der Waals surface area contributed by atoms with Crippen LogP contribution in [0.3, 0.4) is 0 Å². The monoisotopic (exact) mass is 355 g/mol. The van der Waals surface area contributed by atoms with E-state index in [2.05, 4.69) is 41.2 Å². The summed E-state index contributed by atoms with van der Waals surface area (Å²) in [5.41, 5.74) is 2.22. The van der Waals surface area contributed by atoms with Crippen LogP contribution in [-0.4, -0.2) is 30.5 Å². The van der Waals surface area contributed by atoms with Crippen LogP contribution >= 0.6 is 15.9 Å². The summed E-state index contributed by atoms with van der Waals surface area (Å²) in [7, 11) is 0. The second-order valence-electron chi connectivity index (χ2n) is 6.13. The fourth-order valence-corrected chi connectivity index (χ4v) is 3.20. The molecule has 2 N–H and O–H groups in total. The molecule has 21 heavy (non-hydrogen) atoms. The molecule has 4 heteroatoms. The van der Waals surface area contributed by atoms with E-state index in [1.54, 1.807) is 0 Å². The van der Waals surface area contributed by atoms with Gasteiger partial charge in [-0.2, -0.15) is 0 Å². The van der Waals surface area contributed by atoms with E-state index in [9.17, 15) is 5.11 Å². The van der Waals surface area contributed by atoms with Gasteiger partial charge in [0.1, 0.15) is 0 Å². The molecule has 1 aliphatic rings. The van der Waals surface area contributed by atoms with Crippen LogP contribution in [0.25, 0.3) is 0 Å². The third-order valence-corrected chi connectivity index (χ3v) is 4.76. The van der Waals surface area contributed by atoms with E-state index in [1.807, 2.05) is 12.1 Å². The van der Waals surface area contributed by atoms with Crippen molar-refractivity contribution in [2.24, 2.45) is 5.92 Å². The van der Waals surface area contributed by atoms with Crippen molar-refractivity contribution in [2.75, 3.05) is 18.5 Å². The number of nitrogens with one attached hydrogen (secondary N) is 1. The topological polar surface area (TPSA) is 41.5 Å². The van der Waals surface area contributed by atoms with Gasteiger partial charge < -0.3 is 15.2 Å². The van der Waals surface area contributed by atoms with E-state index in [0.29, 0.717) is 25.2 Å². The highest BCUT2D eigenvalue weighted by molar-refractivity contribution is 9.10. The standard InChI is InChI=1S/C17H26BrNO2/c1-12-7-8-14(18)9-16(12)19-10-15(20)11-21-17-6-4-3-5-13(17)2/h7-9,13,15,17,19-20H,3-6,10-11H2,1-2H3. The van der Waals surface area contributed by atoms with Crippen molar-refractivity contribution in [2.45, 2.75) is 51.7 Å². The fourth-order valence-electron chi connectivity index (χ4n) is 2.84. The second kappa shape index (κ2) is 8.16. The number of hydrogen-bond acceptors (Lipinski definition) is 3. The van der Waals surface area contributed by atoms with Gasteiger partial charge in [-0.25, -0.2) is 0 Å². The Kier molecular flexibility index (Phi) is 6.52. The highest BCUT2D eigenvalue weighted by Gasteiger charge is 2.22. The van der Waals surface area contributed by atoms with Gasteiger partial charge in [0.25, 0.3) is 0 Å². The lowest BCUT2D eigenvalue weighted by molar-refractivity contribution is -0.0424. The molecule has 0 bridgehead atoms. The molecule has 1 aromatic rings. The first kappa shape index (κ1) is 16.8. The summed E-state index contributed by atoms with van der Waals surface area (Å²) in [5, 5.41) is 13.4. The van der Waals surface area contributed by atoms with Crippen LogP contribution in [0.15, 0.2) is 22.7 Å². The summed E-state index contributed by atoms with van der Waals surface area (Å²) in [5.74, 6) is 0.617. The van der Waals surface area contributed by atoms with Crippen molar-refractivity contribution >= 4 is 21.6 Å². The Bertz CT molecular complexity index is 452. The van der Waals surface area contributed by atoms with Gasteiger partial charge in [0.05, 0.1) is 18.8 Å². The Morgan fingerprint density at radius 2 is 2.14 bits per heavy atom. The molecule has 0 amide bonds. The highest BCUT2D eigenvalue weighted by Crippen LogP contribution is 2.26. The Morgan fingerprint density at radius 1 is 1.38 bits per heavy atom. The number of aryl methyl sites for hydroxylation is 1. The summed E-state index contributed by atoms with van der Waals surface area (Å²) in [6.45, 7) is 5.23. The number of anilines is 1. The Labute approximate surface area is 136 Å². The molecule has 2 rings (SSSR count). The Morgan fingerprint density at radius 3 is 2.90 bits per heavy atom. The molecule has 1 aliphatic carbocycles. The third-order valence-electron chi connectivity index (χ3n) is 4.26.